The van der Waals surface area contributed by atoms with Gasteiger partial charge in [-0.2, -0.15) is 0 Å². The lowest BCUT2D eigenvalue weighted by Crippen LogP contribution is -2.14. The lowest BCUT2D eigenvalue weighted by molar-refractivity contribution is 0.102. The number of benzene rings is 2. The quantitative estimate of drug-likeness (QED) is 0.604. The molecule has 1 heterocycles. The Morgan fingerprint density at radius 2 is 2.12 bits per heavy atom. The van der Waals surface area contributed by atoms with Gasteiger partial charge in [-0.15, -0.1) is 0 Å². The van der Waals surface area contributed by atoms with Crippen molar-refractivity contribution >= 4 is 38.3 Å². The number of rotatable bonds is 6. The van der Waals surface area contributed by atoms with E-state index in [1.807, 2.05) is 32.0 Å². The summed E-state index contributed by atoms with van der Waals surface area (Å²) in [7, 11) is 0. The first-order valence-electron chi connectivity index (χ1n) is 8.70. The van der Waals surface area contributed by atoms with Gasteiger partial charge in [-0.3, -0.25) is 4.79 Å². The summed E-state index contributed by atoms with van der Waals surface area (Å²) in [5.41, 5.74) is 10.0. The number of unbranched alkanes of at least 4 members (excludes halogenated alkanes) is 1. The molecular weight excluding hydrogens is 346 g/mol. The van der Waals surface area contributed by atoms with Crippen LogP contribution in [0.1, 0.15) is 41.3 Å². The van der Waals surface area contributed by atoms with E-state index >= 15 is 0 Å². The summed E-state index contributed by atoms with van der Waals surface area (Å²) in [5, 5.41) is 3.56. The maximum absolute atomic E-state index is 12.7. The van der Waals surface area contributed by atoms with Gasteiger partial charge in [-0.05, 0) is 55.7 Å². The summed E-state index contributed by atoms with van der Waals surface area (Å²) < 4.78 is 6.69. The second kappa shape index (κ2) is 7.74. The molecule has 0 aliphatic carbocycles. The van der Waals surface area contributed by atoms with Crippen molar-refractivity contribution in [2.45, 2.75) is 33.6 Å². The Hall–Kier alpha value is -2.60. The Morgan fingerprint density at radius 1 is 1.31 bits per heavy atom. The second-order valence-corrected chi connectivity index (χ2v) is 7.31. The number of nitrogens with one attached hydrogen (secondary N) is 1. The first-order valence-corrected chi connectivity index (χ1v) is 9.51. The topological polar surface area (TPSA) is 77.2 Å². The molecule has 1 aromatic heterocycles. The van der Waals surface area contributed by atoms with E-state index in [0.717, 1.165) is 39.9 Å². The van der Waals surface area contributed by atoms with Crippen LogP contribution in [0.25, 0.3) is 10.2 Å². The van der Waals surface area contributed by atoms with Gasteiger partial charge in [0.05, 0.1) is 16.8 Å². The molecule has 0 aliphatic heterocycles. The molecule has 0 unspecified atom stereocenters. The molecule has 0 spiro atoms. The lowest BCUT2D eigenvalue weighted by atomic mass is 10.1. The van der Waals surface area contributed by atoms with Gasteiger partial charge in [0.15, 0.2) is 5.13 Å². The zero-order chi connectivity index (χ0) is 18.7. The number of hydrogen-bond donors (Lipinski definition) is 2. The molecule has 1 amide bonds. The molecular formula is C20H23N3O2S. The Bertz CT molecular complexity index is 950. The van der Waals surface area contributed by atoms with Crippen LogP contribution in [0.3, 0.4) is 0 Å². The van der Waals surface area contributed by atoms with E-state index in [1.165, 1.54) is 11.3 Å². The molecule has 2 aromatic carbocycles. The monoisotopic (exact) mass is 369 g/mol. The van der Waals surface area contributed by atoms with Crippen LogP contribution >= 0.6 is 11.3 Å². The summed E-state index contributed by atoms with van der Waals surface area (Å²) in [6.45, 7) is 6.71. The Labute approximate surface area is 157 Å². The van der Waals surface area contributed by atoms with Crippen molar-refractivity contribution in [2.24, 2.45) is 0 Å². The van der Waals surface area contributed by atoms with E-state index in [1.54, 1.807) is 12.1 Å². The highest BCUT2D eigenvalue weighted by Crippen LogP contribution is 2.34. The normalized spacial score (nSPS) is 10.9. The maximum atomic E-state index is 12.7. The van der Waals surface area contributed by atoms with Crippen molar-refractivity contribution < 1.29 is 9.53 Å². The van der Waals surface area contributed by atoms with Crippen LogP contribution in [0.4, 0.5) is 10.8 Å². The van der Waals surface area contributed by atoms with Crippen LogP contribution in [-0.2, 0) is 0 Å². The number of carbonyl (C=O) groups excluding carboxylic acids is 1. The molecule has 26 heavy (non-hydrogen) atoms. The molecule has 3 aromatic rings. The van der Waals surface area contributed by atoms with E-state index in [9.17, 15) is 4.79 Å². The summed E-state index contributed by atoms with van der Waals surface area (Å²) in [5.74, 6) is 0.555. The van der Waals surface area contributed by atoms with Gasteiger partial charge < -0.3 is 15.8 Å². The van der Waals surface area contributed by atoms with Crippen molar-refractivity contribution in [3.8, 4) is 5.75 Å². The number of carbonyl (C=O) groups is 1. The largest absolute Gasteiger partial charge is 0.494 e. The molecule has 0 bridgehead atoms. The average molecular weight is 369 g/mol. The minimum absolute atomic E-state index is 0.158. The number of anilines is 2. The number of amides is 1. The third-order valence-electron chi connectivity index (χ3n) is 4.23. The average Bonchev–Trinajstić information content (AvgIpc) is 2.99. The smallest absolute Gasteiger partial charge is 0.255 e. The predicted molar refractivity (Wildman–Crippen MR) is 108 cm³/mol. The molecule has 3 N–H and O–H groups in total. The molecule has 0 saturated carbocycles. The fourth-order valence-electron chi connectivity index (χ4n) is 2.84. The number of thiazole rings is 1. The highest BCUT2D eigenvalue weighted by atomic mass is 32.1. The molecule has 0 fully saturated rings. The van der Waals surface area contributed by atoms with Crippen LogP contribution < -0.4 is 15.8 Å². The van der Waals surface area contributed by atoms with E-state index in [2.05, 4.69) is 17.2 Å². The van der Waals surface area contributed by atoms with Gasteiger partial charge in [-0.1, -0.05) is 30.7 Å². The Kier molecular flexibility index (Phi) is 5.42. The van der Waals surface area contributed by atoms with Crippen LogP contribution in [0.2, 0.25) is 0 Å². The van der Waals surface area contributed by atoms with Crippen LogP contribution in [0.15, 0.2) is 30.3 Å². The van der Waals surface area contributed by atoms with Gasteiger partial charge >= 0.3 is 0 Å². The molecule has 0 aliphatic rings. The molecule has 5 nitrogen and oxygen atoms in total. The van der Waals surface area contributed by atoms with Gasteiger partial charge in [0.2, 0.25) is 0 Å². The lowest BCUT2D eigenvalue weighted by Gasteiger charge is -2.13. The van der Waals surface area contributed by atoms with Crippen LogP contribution in [-0.4, -0.2) is 17.5 Å². The van der Waals surface area contributed by atoms with Crippen molar-refractivity contribution in [1.82, 2.24) is 4.98 Å². The minimum Gasteiger partial charge on any atom is -0.494 e. The highest BCUT2D eigenvalue weighted by molar-refractivity contribution is 7.22. The van der Waals surface area contributed by atoms with E-state index in [-0.39, 0.29) is 5.91 Å². The van der Waals surface area contributed by atoms with Gasteiger partial charge in [0.1, 0.15) is 5.75 Å². The number of nitrogens with two attached hydrogens (primary N) is 1. The predicted octanol–water partition coefficient (Wildman–Crippen LogP) is 4.93. The van der Waals surface area contributed by atoms with Crippen LogP contribution in [0, 0.1) is 13.8 Å². The van der Waals surface area contributed by atoms with Crippen molar-refractivity contribution in [3.05, 3.63) is 47.0 Å². The van der Waals surface area contributed by atoms with Gasteiger partial charge in [0, 0.05) is 11.3 Å². The molecule has 3 rings (SSSR count). The number of hydrogen-bond acceptors (Lipinski definition) is 5. The summed E-state index contributed by atoms with van der Waals surface area (Å²) in [6, 6.07) is 9.22. The Morgan fingerprint density at radius 3 is 2.88 bits per heavy atom. The molecule has 0 radical (unpaired) electrons. The molecule has 136 valence electrons. The van der Waals surface area contributed by atoms with Gasteiger partial charge in [-0.25, -0.2) is 4.98 Å². The summed E-state index contributed by atoms with van der Waals surface area (Å²) in [6.07, 6.45) is 2.07. The first-order chi connectivity index (χ1) is 12.5. The number of nitrogen functional groups attached to an aromatic ring is 1. The molecule has 0 saturated heterocycles. The number of fused-ring (bicyclic) bond motifs is 1. The fraction of sp³-hybridized carbons (Fsp3) is 0.300. The zero-order valence-corrected chi connectivity index (χ0v) is 16.1. The maximum Gasteiger partial charge on any atom is 0.255 e. The van der Waals surface area contributed by atoms with Crippen molar-refractivity contribution in [2.75, 3.05) is 17.7 Å². The fourth-order valence-corrected chi connectivity index (χ4v) is 3.66. The SMILES string of the molecule is CCCCOc1cccc(C(=O)Nc2c(C)cc3nc(N)sc3c2C)c1. The van der Waals surface area contributed by atoms with Crippen LogP contribution in [0.5, 0.6) is 5.75 Å². The third-order valence-corrected chi connectivity index (χ3v) is 5.25. The van der Waals surface area contributed by atoms with Crippen molar-refractivity contribution in [3.63, 3.8) is 0 Å². The number of aromatic nitrogens is 1. The molecule has 0 atom stereocenters. The zero-order valence-electron chi connectivity index (χ0n) is 15.3. The Balaban J connectivity index is 1.84. The second-order valence-electron chi connectivity index (χ2n) is 6.28. The van der Waals surface area contributed by atoms with Gasteiger partial charge in [0.25, 0.3) is 5.91 Å². The van der Waals surface area contributed by atoms with Crippen molar-refractivity contribution in [1.29, 1.82) is 0 Å². The number of ether oxygens (including phenoxy) is 1. The standard InChI is InChI=1S/C20H23N3O2S/c1-4-5-9-25-15-8-6-7-14(11-15)19(24)23-17-12(2)10-16-18(13(17)3)26-20(21)22-16/h6-8,10-11H,4-5,9H2,1-3H3,(H2,21,22)(H,23,24). The first kappa shape index (κ1) is 18.2. The van der Waals surface area contributed by atoms with E-state index in [4.69, 9.17) is 10.5 Å². The van der Waals surface area contributed by atoms with E-state index in [0.29, 0.717) is 23.1 Å². The minimum atomic E-state index is -0.158. The highest BCUT2D eigenvalue weighted by Gasteiger charge is 2.15. The number of aryl methyl sites for hydroxylation is 2. The summed E-state index contributed by atoms with van der Waals surface area (Å²) >= 11 is 1.43. The summed E-state index contributed by atoms with van der Waals surface area (Å²) in [4.78, 5) is 17.1. The molecule has 6 heteroatoms. The third kappa shape index (κ3) is 3.80. The number of nitrogens with zero attached hydrogens (tertiary/aromatic N) is 1. The van der Waals surface area contributed by atoms with E-state index < -0.39 is 0 Å².